The molecule has 2 amide bonds. The van der Waals surface area contributed by atoms with Crippen molar-refractivity contribution in [3.05, 3.63) is 34.6 Å². The summed E-state index contributed by atoms with van der Waals surface area (Å²) >= 11 is 5.97. The van der Waals surface area contributed by atoms with Crippen LogP contribution in [0.25, 0.3) is 0 Å². The highest BCUT2D eigenvalue weighted by molar-refractivity contribution is 6.31. The Balaban J connectivity index is 2.70. The number of hydrogen-bond donors (Lipinski definition) is 1. The highest BCUT2D eigenvalue weighted by Gasteiger charge is 2.22. The Kier molecular flexibility index (Phi) is 6.61. The fourth-order valence-corrected chi connectivity index (χ4v) is 2.39. The molecule has 1 aromatic rings. The third-order valence-corrected chi connectivity index (χ3v) is 3.60. The van der Waals surface area contributed by atoms with Crippen LogP contribution in [0.4, 0.5) is 9.18 Å². The molecular weight excluding hydrogens is 311 g/mol. The fraction of sp³-hybridized carbons (Fsp3) is 0.467. The molecule has 5 nitrogen and oxygen atoms in total. The number of methoxy groups -OCH3 is 1. The molecule has 0 saturated carbocycles. The quantitative estimate of drug-likeness (QED) is 0.844. The van der Waals surface area contributed by atoms with Gasteiger partial charge in [-0.15, -0.1) is 0 Å². The summed E-state index contributed by atoms with van der Waals surface area (Å²) in [5, 5.41) is 2.90. The summed E-state index contributed by atoms with van der Waals surface area (Å²) in [6.45, 7) is 3.49. The van der Waals surface area contributed by atoms with E-state index in [2.05, 4.69) is 10.1 Å². The normalized spacial score (nSPS) is 13.2. The Hall–Kier alpha value is -1.82. The van der Waals surface area contributed by atoms with Crippen molar-refractivity contribution in [1.82, 2.24) is 10.2 Å². The molecule has 0 aromatic heterocycles. The van der Waals surface area contributed by atoms with E-state index in [0.717, 1.165) is 0 Å². The number of nitrogens with zero attached hydrogens (tertiary/aromatic N) is 1. The molecule has 7 heteroatoms. The number of halogens is 2. The minimum atomic E-state index is -0.600. The zero-order chi connectivity index (χ0) is 16.9. The minimum Gasteiger partial charge on any atom is -0.469 e. The molecule has 0 spiro atoms. The summed E-state index contributed by atoms with van der Waals surface area (Å²) < 4.78 is 18.4. The average molecular weight is 331 g/mol. The van der Waals surface area contributed by atoms with E-state index in [1.54, 1.807) is 27.0 Å². The first kappa shape index (κ1) is 18.2. The number of esters is 1. The molecule has 0 aliphatic rings. The summed E-state index contributed by atoms with van der Waals surface area (Å²) in [6, 6.07) is 3.32. The van der Waals surface area contributed by atoms with Crippen molar-refractivity contribution < 1.29 is 18.7 Å². The van der Waals surface area contributed by atoms with Gasteiger partial charge in [-0.25, -0.2) is 9.18 Å². The number of amides is 2. The fourth-order valence-electron chi connectivity index (χ4n) is 2.06. The maximum Gasteiger partial charge on any atom is 0.317 e. The molecule has 122 valence electrons. The van der Waals surface area contributed by atoms with Gasteiger partial charge in [-0.2, -0.15) is 0 Å². The van der Waals surface area contributed by atoms with Gasteiger partial charge in [-0.3, -0.25) is 4.79 Å². The number of carbonyl (C=O) groups excluding carboxylic acids is 2. The third kappa shape index (κ3) is 4.59. The topological polar surface area (TPSA) is 58.6 Å². The first-order chi connectivity index (χ1) is 10.3. The lowest BCUT2D eigenvalue weighted by molar-refractivity contribution is -0.145. The standard InChI is InChI=1S/C15H20ClFN2O3/c1-9(14(20)22-4)8-19(3)15(21)18-10(2)13-11(16)6-5-7-12(13)17/h5-7,9-10H,8H2,1-4H3,(H,18,21)/t9-,10-/m1/s1. The van der Waals surface area contributed by atoms with Crippen LogP contribution in [0, 0.1) is 11.7 Å². The predicted molar refractivity (Wildman–Crippen MR) is 82.2 cm³/mol. The molecule has 0 aliphatic carbocycles. The lowest BCUT2D eigenvalue weighted by Crippen LogP contribution is -2.42. The van der Waals surface area contributed by atoms with E-state index in [4.69, 9.17) is 11.6 Å². The second-order valence-electron chi connectivity index (χ2n) is 5.11. The molecule has 0 saturated heterocycles. The van der Waals surface area contributed by atoms with Crippen molar-refractivity contribution >= 4 is 23.6 Å². The van der Waals surface area contributed by atoms with Crippen LogP contribution in [0.2, 0.25) is 5.02 Å². The summed E-state index contributed by atoms with van der Waals surface area (Å²) in [4.78, 5) is 24.8. The van der Waals surface area contributed by atoms with E-state index in [0.29, 0.717) is 0 Å². The van der Waals surface area contributed by atoms with Crippen LogP contribution in [0.15, 0.2) is 18.2 Å². The largest absolute Gasteiger partial charge is 0.469 e. The molecule has 0 fully saturated rings. The summed E-state index contributed by atoms with van der Waals surface area (Å²) in [6.07, 6.45) is 0. The summed E-state index contributed by atoms with van der Waals surface area (Å²) in [7, 11) is 2.84. The van der Waals surface area contributed by atoms with E-state index in [1.165, 1.54) is 24.1 Å². The van der Waals surface area contributed by atoms with Crippen molar-refractivity contribution in [2.75, 3.05) is 20.7 Å². The smallest absolute Gasteiger partial charge is 0.317 e. The average Bonchev–Trinajstić information content (AvgIpc) is 2.45. The van der Waals surface area contributed by atoms with Gasteiger partial charge in [0.15, 0.2) is 0 Å². The summed E-state index contributed by atoms with van der Waals surface area (Å²) in [5.41, 5.74) is 0.229. The lowest BCUT2D eigenvalue weighted by atomic mass is 10.1. The first-order valence-corrected chi connectivity index (χ1v) is 7.19. The maximum absolute atomic E-state index is 13.8. The molecule has 2 atom stereocenters. The van der Waals surface area contributed by atoms with Crippen molar-refractivity contribution in [1.29, 1.82) is 0 Å². The molecule has 1 aromatic carbocycles. The number of carbonyl (C=O) groups is 2. The van der Waals surface area contributed by atoms with Crippen LogP contribution in [0.5, 0.6) is 0 Å². The lowest BCUT2D eigenvalue weighted by Gasteiger charge is -2.24. The Morgan fingerprint density at radius 2 is 2.05 bits per heavy atom. The van der Waals surface area contributed by atoms with Crippen LogP contribution in [-0.4, -0.2) is 37.6 Å². The number of nitrogens with one attached hydrogen (secondary N) is 1. The van der Waals surface area contributed by atoms with E-state index in [9.17, 15) is 14.0 Å². The summed E-state index contributed by atoms with van der Waals surface area (Å²) in [5.74, 6) is -1.33. The third-order valence-electron chi connectivity index (χ3n) is 3.27. The van der Waals surface area contributed by atoms with Crippen LogP contribution in [0.1, 0.15) is 25.5 Å². The second kappa shape index (κ2) is 7.98. The second-order valence-corrected chi connectivity index (χ2v) is 5.52. The number of ether oxygens (including phenoxy) is 1. The monoisotopic (exact) mass is 330 g/mol. The molecule has 22 heavy (non-hydrogen) atoms. The number of urea groups is 1. The van der Waals surface area contributed by atoms with Gasteiger partial charge in [0.1, 0.15) is 5.82 Å². The van der Waals surface area contributed by atoms with Crippen LogP contribution < -0.4 is 5.32 Å². The van der Waals surface area contributed by atoms with Gasteiger partial charge >= 0.3 is 12.0 Å². The Morgan fingerprint density at radius 1 is 1.41 bits per heavy atom. The molecule has 0 radical (unpaired) electrons. The molecule has 0 aliphatic heterocycles. The van der Waals surface area contributed by atoms with Crippen LogP contribution in [-0.2, 0) is 9.53 Å². The van der Waals surface area contributed by atoms with E-state index >= 15 is 0 Å². The molecule has 1 N–H and O–H groups in total. The van der Waals surface area contributed by atoms with Crippen molar-refractivity contribution in [2.45, 2.75) is 19.9 Å². The molecule has 0 bridgehead atoms. The molecule has 0 unspecified atom stereocenters. The number of rotatable bonds is 5. The van der Waals surface area contributed by atoms with E-state index in [1.807, 2.05) is 0 Å². The van der Waals surface area contributed by atoms with E-state index < -0.39 is 29.8 Å². The van der Waals surface area contributed by atoms with Gasteiger partial charge in [0.05, 0.1) is 19.1 Å². The Labute approximate surface area is 134 Å². The minimum absolute atomic E-state index is 0.191. The first-order valence-electron chi connectivity index (χ1n) is 6.81. The maximum atomic E-state index is 13.8. The van der Waals surface area contributed by atoms with Crippen LogP contribution >= 0.6 is 11.6 Å². The van der Waals surface area contributed by atoms with Crippen LogP contribution in [0.3, 0.4) is 0 Å². The number of hydrogen-bond acceptors (Lipinski definition) is 3. The van der Waals surface area contributed by atoms with Crippen molar-refractivity contribution in [3.8, 4) is 0 Å². The Bertz CT molecular complexity index is 533. The van der Waals surface area contributed by atoms with Gasteiger partial charge in [-0.05, 0) is 19.1 Å². The van der Waals surface area contributed by atoms with Crippen molar-refractivity contribution in [3.63, 3.8) is 0 Å². The molecule has 1 rings (SSSR count). The van der Waals surface area contributed by atoms with Gasteiger partial charge in [0.2, 0.25) is 0 Å². The zero-order valence-electron chi connectivity index (χ0n) is 13.0. The SMILES string of the molecule is COC(=O)[C@H](C)CN(C)C(=O)N[C@H](C)c1c(F)cccc1Cl. The zero-order valence-corrected chi connectivity index (χ0v) is 13.8. The highest BCUT2D eigenvalue weighted by atomic mass is 35.5. The van der Waals surface area contributed by atoms with Gasteiger partial charge in [0.25, 0.3) is 0 Å². The Morgan fingerprint density at radius 3 is 2.59 bits per heavy atom. The van der Waals surface area contributed by atoms with E-state index in [-0.39, 0.29) is 17.1 Å². The van der Waals surface area contributed by atoms with Gasteiger partial charge in [-0.1, -0.05) is 24.6 Å². The molecule has 0 heterocycles. The predicted octanol–water partition coefficient (Wildman–Crippen LogP) is 2.99. The number of benzene rings is 1. The van der Waals surface area contributed by atoms with Crippen molar-refractivity contribution in [2.24, 2.45) is 5.92 Å². The highest BCUT2D eigenvalue weighted by Crippen LogP contribution is 2.25. The van der Waals surface area contributed by atoms with Gasteiger partial charge < -0.3 is 15.0 Å². The van der Waals surface area contributed by atoms with Gasteiger partial charge in [0, 0.05) is 24.2 Å². The molecular formula is C15H20ClFN2O3.